The van der Waals surface area contributed by atoms with Crippen LogP contribution in [0.1, 0.15) is 34.7 Å². The smallest absolute Gasteiger partial charge is 0.273 e. The predicted octanol–water partition coefficient (Wildman–Crippen LogP) is 3.45. The average molecular weight is 348 g/mol. The molecular weight excluding hydrogens is 328 g/mol. The summed E-state index contributed by atoms with van der Waals surface area (Å²) in [5, 5.41) is 2.94. The largest absolute Gasteiger partial charge is 0.489 e. The van der Waals surface area contributed by atoms with Gasteiger partial charge in [-0.15, -0.1) is 0 Å². The number of carbonyl (C=O) groups excluding carboxylic acids is 1. The predicted molar refractivity (Wildman–Crippen MR) is 98.1 cm³/mol. The monoisotopic (exact) mass is 348 g/mol. The molecule has 1 aliphatic heterocycles. The van der Waals surface area contributed by atoms with Crippen molar-refractivity contribution in [2.75, 3.05) is 5.32 Å². The van der Waals surface area contributed by atoms with Gasteiger partial charge < -0.3 is 14.6 Å². The molecule has 0 aliphatic carbocycles. The summed E-state index contributed by atoms with van der Waals surface area (Å²) in [6.07, 6.45) is 8.32. The molecule has 132 valence electrons. The van der Waals surface area contributed by atoms with Crippen molar-refractivity contribution in [2.45, 2.75) is 32.4 Å². The highest BCUT2D eigenvalue weighted by Crippen LogP contribution is 2.21. The van der Waals surface area contributed by atoms with Crippen molar-refractivity contribution in [1.29, 1.82) is 0 Å². The zero-order valence-electron chi connectivity index (χ0n) is 14.4. The van der Waals surface area contributed by atoms with Gasteiger partial charge in [0.05, 0.1) is 6.20 Å². The normalized spacial score (nSPS) is 13.1. The number of hydrogen-bond acceptors (Lipinski definition) is 4. The number of fused-ring (bicyclic) bond motifs is 1. The third kappa shape index (κ3) is 3.59. The number of nitrogens with one attached hydrogen (secondary N) is 1. The zero-order valence-corrected chi connectivity index (χ0v) is 14.4. The molecule has 6 heteroatoms. The molecule has 3 heterocycles. The van der Waals surface area contributed by atoms with Crippen molar-refractivity contribution in [3.8, 4) is 5.75 Å². The molecule has 26 heavy (non-hydrogen) atoms. The first-order chi connectivity index (χ1) is 12.8. The van der Waals surface area contributed by atoms with Crippen LogP contribution < -0.4 is 10.1 Å². The number of anilines is 1. The van der Waals surface area contributed by atoms with Crippen LogP contribution >= 0.6 is 0 Å². The number of carbonyl (C=O) groups is 1. The number of hydrogen-bond donors (Lipinski definition) is 1. The number of aromatic nitrogens is 3. The van der Waals surface area contributed by atoms with E-state index in [1.165, 1.54) is 0 Å². The lowest BCUT2D eigenvalue weighted by molar-refractivity contribution is 0.101. The van der Waals surface area contributed by atoms with Crippen LogP contribution in [0.3, 0.4) is 0 Å². The summed E-state index contributed by atoms with van der Waals surface area (Å²) < 4.78 is 7.80. The maximum Gasteiger partial charge on any atom is 0.273 e. The van der Waals surface area contributed by atoms with E-state index in [1.54, 1.807) is 18.6 Å². The lowest BCUT2D eigenvalue weighted by Crippen LogP contribution is -2.20. The van der Waals surface area contributed by atoms with E-state index in [4.69, 9.17) is 4.74 Å². The second-order valence-corrected chi connectivity index (χ2v) is 6.30. The number of amides is 1. The number of imidazole rings is 1. The van der Waals surface area contributed by atoms with Gasteiger partial charge in [-0.05, 0) is 31.0 Å². The molecule has 1 N–H and O–H groups in total. The fourth-order valence-corrected chi connectivity index (χ4v) is 3.11. The zero-order chi connectivity index (χ0) is 17.8. The maximum atomic E-state index is 12.6. The molecule has 0 fully saturated rings. The van der Waals surface area contributed by atoms with Crippen LogP contribution in [0.15, 0.2) is 55.0 Å². The molecule has 0 atom stereocenters. The van der Waals surface area contributed by atoms with Crippen LogP contribution in [0.25, 0.3) is 0 Å². The van der Waals surface area contributed by atoms with E-state index in [0.29, 0.717) is 23.7 Å². The summed E-state index contributed by atoms with van der Waals surface area (Å²) in [6.45, 7) is 1.29. The van der Waals surface area contributed by atoms with Gasteiger partial charge in [0.2, 0.25) is 0 Å². The van der Waals surface area contributed by atoms with Gasteiger partial charge >= 0.3 is 0 Å². The Morgan fingerprint density at radius 3 is 3.04 bits per heavy atom. The standard InChI is InChI=1S/C20H20N4O2/c25-20(18-13-22-19-8-1-2-10-24(18)19)23-16-6-3-7-17(11-16)26-14-15-5-4-9-21-12-15/h3-7,9,11-13H,1-2,8,10,14H2,(H,23,25). The third-order valence-corrected chi connectivity index (χ3v) is 4.42. The van der Waals surface area contributed by atoms with E-state index >= 15 is 0 Å². The maximum absolute atomic E-state index is 12.6. The molecule has 0 saturated carbocycles. The molecule has 1 aliphatic rings. The van der Waals surface area contributed by atoms with Crippen molar-refractivity contribution in [1.82, 2.24) is 14.5 Å². The quantitative estimate of drug-likeness (QED) is 0.767. The fraction of sp³-hybridized carbons (Fsp3) is 0.250. The van der Waals surface area contributed by atoms with E-state index < -0.39 is 0 Å². The second-order valence-electron chi connectivity index (χ2n) is 6.30. The molecule has 3 aromatic rings. The van der Waals surface area contributed by atoms with Crippen LogP contribution in [0.4, 0.5) is 5.69 Å². The Balaban J connectivity index is 1.43. The molecule has 6 nitrogen and oxygen atoms in total. The van der Waals surface area contributed by atoms with Crippen LogP contribution in [0, 0.1) is 0 Å². The minimum absolute atomic E-state index is 0.143. The number of aryl methyl sites for hydroxylation is 1. The van der Waals surface area contributed by atoms with Gasteiger partial charge in [-0.25, -0.2) is 4.98 Å². The summed E-state index contributed by atoms with van der Waals surface area (Å²) in [5.41, 5.74) is 2.30. The van der Waals surface area contributed by atoms with Gasteiger partial charge in [0, 0.05) is 42.7 Å². The molecule has 0 radical (unpaired) electrons. The minimum atomic E-state index is -0.143. The van der Waals surface area contributed by atoms with Crippen LogP contribution in [-0.2, 0) is 19.6 Å². The lowest BCUT2D eigenvalue weighted by atomic mass is 10.1. The fourth-order valence-electron chi connectivity index (χ4n) is 3.11. The Morgan fingerprint density at radius 2 is 2.15 bits per heavy atom. The highest BCUT2D eigenvalue weighted by Gasteiger charge is 2.19. The minimum Gasteiger partial charge on any atom is -0.489 e. The number of benzene rings is 1. The average Bonchev–Trinajstić information content (AvgIpc) is 3.12. The summed E-state index contributed by atoms with van der Waals surface area (Å²) in [7, 11) is 0. The lowest BCUT2D eigenvalue weighted by Gasteiger charge is -2.16. The van der Waals surface area contributed by atoms with Crippen molar-refractivity contribution < 1.29 is 9.53 Å². The third-order valence-electron chi connectivity index (χ3n) is 4.42. The van der Waals surface area contributed by atoms with Gasteiger partial charge in [0.25, 0.3) is 5.91 Å². The Labute approximate surface area is 151 Å². The van der Waals surface area contributed by atoms with Crippen molar-refractivity contribution in [3.63, 3.8) is 0 Å². The molecule has 1 amide bonds. The Kier molecular flexibility index (Phi) is 4.64. The molecule has 0 bridgehead atoms. The first-order valence-corrected chi connectivity index (χ1v) is 8.77. The Morgan fingerprint density at radius 1 is 1.19 bits per heavy atom. The molecule has 0 unspecified atom stereocenters. The molecule has 0 saturated heterocycles. The summed E-state index contributed by atoms with van der Waals surface area (Å²) in [6, 6.07) is 11.2. The molecule has 0 spiro atoms. The SMILES string of the molecule is O=C(Nc1cccc(OCc2cccnc2)c1)c1cnc2n1CCCC2. The molecule has 1 aromatic carbocycles. The first kappa shape index (κ1) is 16.3. The highest BCUT2D eigenvalue weighted by atomic mass is 16.5. The van der Waals surface area contributed by atoms with Crippen LogP contribution in [-0.4, -0.2) is 20.4 Å². The van der Waals surface area contributed by atoms with Gasteiger partial charge in [-0.2, -0.15) is 0 Å². The number of rotatable bonds is 5. The van der Waals surface area contributed by atoms with E-state index in [-0.39, 0.29) is 5.91 Å². The van der Waals surface area contributed by atoms with Crippen LogP contribution in [0.5, 0.6) is 5.75 Å². The molecule has 2 aromatic heterocycles. The Hall–Kier alpha value is -3.15. The van der Waals surface area contributed by atoms with Crippen molar-refractivity contribution in [3.05, 3.63) is 72.1 Å². The van der Waals surface area contributed by atoms with E-state index in [2.05, 4.69) is 15.3 Å². The number of pyridine rings is 1. The van der Waals surface area contributed by atoms with Crippen molar-refractivity contribution in [2.24, 2.45) is 0 Å². The van der Waals surface area contributed by atoms with Crippen LogP contribution in [0.2, 0.25) is 0 Å². The first-order valence-electron chi connectivity index (χ1n) is 8.77. The van der Waals surface area contributed by atoms with E-state index in [0.717, 1.165) is 37.2 Å². The summed E-state index contributed by atoms with van der Waals surface area (Å²) in [5.74, 6) is 1.55. The van der Waals surface area contributed by atoms with Gasteiger partial charge in [0.1, 0.15) is 23.9 Å². The Bertz CT molecular complexity index is 905. The van der Waals surface area contributed by atoms with E-state index in [1.807, 2.05) is 41.0 Å². The number of nitrogens with zero attached hydrogens (tertiary/aromatic N) is 3. The highest BCUT2D eigenvalue weighted by molar-refractivity contribution is 6.03. The van der Waals surface area contributed by atoms with E-state index in [9.17, 15) is 4.79 Å². The van der Waals surface area contributed by atoms with Gasteiger partial charge in [-0.1, -0.05) is 12.1 Å². The number of ether oxygens (including phenoxy) is 1. The van der Waals surface area contributed by atoms with Gasteiger partial charge in [-0.3, -0.25) is 9.78 Å². The molecule has 4 rings (SSSR count). The molecular formula is C20H20N4O2. The van der Waals surface area contributed by atoms with Gasteiger partial charge in [0.15, 0.2) is 0 Å². The second kappa shape index (κ2) is 7.39. The summed E-state index contributed by atoms with van der Waals surface area (Å²) in [4.78, 5) is 21.1. The summed E-state index contributed by atoms with van der Waals surface area (Å²) >= 11 is 0. The van der Waals surface area contributed by atoms with Crippen molar-refractivity contribution >= 4 is 11.6 Å². The topological polar surface area (TPSA) is 69.0 Å².